The van der Waals surface area contributed by atoms with Crippen LogP contribution in [-0.2, 0) is 12.2 Å². The fourth-order valence-electron chi connectivity index (χ4n) is 4.19. The summed E-state index contributed by atoms with van der Waals surface area (Å²) in [7, 11) is 1.65. The van der Waals surface area contributed by atoms with E-state index in [1.165, 1.54) is 24.3 Å². The highest BCUT2D eigenvalue weighted by atomic mass is 32.2. The summed E-state index contributed by atoms with van der Waals surface area (Å²) in [5, 5.41) is 13.0. The van der Waals surface area contributed by atoms with Gasteiger partial charge in [0.1, 0.15) is 11.6 Å². The maximum Gasteiger partial charge on any atom is 0.251 e. The van der Waals surface area contributed by atoms with E-state index in [0.29, 0.717) is 28.7 Å². The number of methoxy groups -OCH3 is 1. The molecule has 0 fully saturated rings. The molecule has 0 aliphatic carbocycles. The summed E-state index contributed by atoms with van der Waals surface area (Å²) in [4.78, 5) is 13.2. The van der Waals surface area contributed by atoms with Crippen molar-refractivity contribution in [1.82, 2.24) is 20.1 Å². The zero-order valence-corrected chi connectivity index (χ0v) is 22.1. The van der Waals surface area contributed by atoms with E-state index in [1.807, 2.05) is 89.5 Å². The number of ether oxygens (including phenoxy) is 1. The van der Waals surface area contributed by atoms with Gasteiger partial charge in [-0.1, -0.05) is 72.4 Å². The molecule has 1 N–H and O–H groups in total. The van der Waals surface area contributed by atoms with E-state index in [0.717, 1.165) is 22.6 Å². The van der Waals surface area contributed by atoms with Crippen molar-refractivity contribution < 1.29 is 13.9 Å². The van der Waals surface area contributed by atoms with Gasteiger partial charge in [-0.2, -0.15) is 0 Å². The minimum atomic E-state index is -0.493. The van der Waals surface area contributed by atoms with E-state index in [4.69, 9.17) is 4.74 Å². The smallest absolute Gasteiger partial charge is 0.251 e. The second kappa shape index (κ2) is 12.4. The van der Waals surface area contributed by atoms with Gasteiger partial charge in [0.15, 0.2) is 11.0 Å². The molecule has 0 aliphatic rings. The number of rotatable bonds is 10. The van der Waals surface area contributed by atoms with Crippen LogP contribution in [0.4, 0.5) is 4.39 Å². The molecule has 1 aromatic heterocycles. The Kier molecular flexibility index (Phi) is 8.33. The summed E-state index contributed by atoms with van der Waals surface area (Å²) in [6.45, 7) is 0. The maximum absolute atomic E-state index is 13.5. The molecular formula is C31H27FN4O2S. The number of para-hydroxylation sites is 1. The van der Waals surface area contributed by atoms with Crippen molar-refractivity contribution in [1.29, 1.82) is 0 Å². The molecular weight excluding hydrogens is 511 g/mol. The summed E-state index contributed by atoms with van der Waals surface area (Å²) in [5.74, 6) is 1.39. The first-order valence-electron chi connectivity index (χ1n) is 12.5. The second-order valence-electron chi connectivity index (χ2n) is 8.87. The number of nitrogens with zero attached hydrogens (tertiary/aromatic N) is 3. The first-order valence-corrected chi connectivity index (χ1v) is 13.5. The van der Waals surface area contributed by atoms with Gasteiger partial charge in [-0.25, -0.2) is 4.39 Å². The number of hydrogen-bond donors (Lipinski definition) is 1. The Balaban J connectivity index is 1.50. The molecule has 0 unspecified atom stereocenters. The number of hydrogen-bond acceptors (Lipinski definition) is 5. The average molecular weight is 539 g/mol. The summed E-state index contributed by atoms with van der Waals surface area (Å²) in [5.41, 5.74) is 3.42. The van der Waals surface area contributed by atoms with Crippen LogP contribution < -0.4 is 10.1 Å². The van der Waals surface area contributed by atoms with E-state index < -0.39 is 11.9 Å². The highest BCUT2D eigenvalue weighted by Gasteiger charge is 2.25. The monoisotopic (exact) mass is 538 g/mol. The van der Waals surface area contributed by atoms with Crippen molar-refractivity contribution in [2.24, 2.45) is 0 Å². The molecule has 1 amide bonds. The number of carbonyl (C=O) groups excluding carboxylic acids is 1. The molecule has 4 aromatic carbocycles. The van der Waals surface area contributed by atoms with E-state index in [2.05, 4.69) is 15.5 Å². The van der Waals surface area contributed by atoms with Crippen LogP contribution in [0.1, 0.15) is 33.4 Å². The lowest BCUT2D eigenvalue weighted by Crippen LogP contribution is -2.32. The normalized spacial score (nSPS) is 11.6. The Morgan fingerprint density at radius 3 is 2.21 bits per heavy atom. The highest BCUT2D eigenvalue weighted by molar-refractivity contribution is 7.98. The van der Waals surface area contributed by atoms with Crippen molar-refractivity contribution in [2.45, 2.75) is 23.4 Å². The van der Waals surface area contributed by atoms with Gasteiger partial charge in [-0.3, -0.25) is 9.36 Å². The van der Waals surface area contributed by atoms with Crippen LogP contribution in [-0.4, -0.2) is 27.8 Å². The standard InChI is InChI=1S/C31H27FN4O2S/c1-38-27-18-12-23(13-19-27)21-39-31-35-34-29(36(31)26-10-6-3-7-11-26)28(20-22-8-4-2-5-9-22)33-30(37)24-14-16-25(32)17-15-24/h2-19,28H,20-21H2,1H3,(H,33,37)/t28-/m0/s1. The van der Waals surface area contributed by atoms with Gasteiger partial charge in [0.05, 0.1) is 13.2 Å². The molecule has 1 atom stereocenters. The molecule has 5 aromatic rings. The van der Waals surface area contributed by atoms with Crippen LogP contribution in [0.2, 0.25) is 0 Å². The largest absolute Gasteiger partial charge is 0.497 e. The number of aromatic nitrogens is 3. The van der Waals surface area contributed by atoms with E-state index >= 15 is 0 Å². The van der Waals surface area contributed by atoms with Crippen molar-refractivity contribution in [3.05, 3.63) is 138 Å². The third-order valence-electron chi connectivity index (χ3n) is 6.21. The van der Waals surface area contributed by atoms with Crippen molar-refractivity contribution >= 4 is 17.7 Å². The minimum absolute atomic E-state index is 0.314. The maximum atomic E-state index is 13.5. The van der Waals surface area contributed by atoms with Crippen LogP contribution in [0, 0.1) is 5.82 Å². The van der Waals surface area contributed by atoms with Crippen molar-refractivity contribution in [3.63, 3.8) is 0 Å². The SMILES string of the molecule is COc1ccc(CSc2nnc([C@H](Cc3ccccc3)NC(=O)c3ccc(F)cc3)n2-c2ccccc2)cc1. The predicted molar refractivity (Wildman–Crippen MR) is 151 cm³/mol. The van der Waals surface area contributed by atoms with Crippen LogP contribution in [0.3, 0.4) is 0 Å². The van der Waals surface area contributed by atoms with Gasteiger partial charge in [-0.05, 0) is 66.1 Å². The Hall–Kier alpha value is -4.43. The lowest BCUT2D eigenvalue weighted by Gasteiger charge is -2.20. The molecule has 39 heavy (non-hydrogen) atoms. The highest BCUT2D eigenvalue weighted by Crippen LogP contribution is 2.29. The topological polar surface area (TPSA) is 69.0 Å². The molecule has 0 saturated heterocycles. The van der Waals surface area contributed by atoms with E-state index in [-0.39, 0.29) is 5.91 Å². The molecule has 0 aliphatic heterocycles. The molecule has 1 heterocycles. The van der Waals surface area contributed by atoms with Gasteiger partial charge in [-0.15, -0.1) is 10.2 Å². The van der Waals surface area contributed by atoms with Gasteiger partial charge in [0, 0.05) is 17.0 Å². The average Bonchev–Trinajstić information content (AvgIpc) is 3.41. The van der Waals surface area contributed by atoms with Gasteiger partial charge >= 0.3 is 0 Å². The first-order chi connectivity index (χ1) is 19.1. The quantitative estimate of drug-likeness (QED) is 0.208. The van der Waals surface area contributed by atoms with Gasteiger partial charge < -0.3 is 10.1 Å². The van der Waals surface area contributed by atoms with E-state index in [9.17, 15) is 9.18 Å². The minimum Gasteiger partial charge on any atom is -0.497 e. The van der Waals surface area contributed by atoms with Crippen LogP contribution in [0.15, 0.2) is 114 Å². The van der Waals surface area contributed by atoms with Crippen molar-refractivity contribution in [3.8, 4) is 11.4 Å². The molecule has 196 valence electrons. The number of nitrogens with one attached hydrogen (secondary N) is 1. The Morgan fingerprint density at radius 1 is 0.872 bits per heavy atom. The third-order valence-corrected chi connectivity index (χ3v) is 7.21. The Labute approximate surface area is 230 Å². The summed E-state index contributed by atoms with van der Waals surface area (Å²) in [6.07, 6.45) is 0.502. The summed E-state index contributed by atoms with van der Waals surface area (Å²) < 4.78 is 20.7. The van der Waals surface area contributed by atoms with E-state index in [1.54, 1.807) is 18.9 Å². The number of benzene rings is 4. The number of amides is 1. The Morgan fingerprint density at radius 2 is 1.54 bits per heavy atom. The van der Waals surface area contributed by atoms with Crippen LogP contribution in [0.25, 0.3) is 5.69 Å². The lowest BCUT2D eigenvalue weighted by atomic mass is 10.0. The fourth-order valence-corrected chi connectivity index (χ4v) is 5.10. The number of thioether (sulfide) groups is 1. The molecule has 8 heteroatoms. The predicted octanol–water partition coefficient (Wildman–Crippen LogP) is 6.42. The molecule has 0 spiro atoms. The van der Waals surface area contributed by atoms with Crippen molar-refractivity contribution in [2.75, 3.05) is 7.11 Å². The molecule has 0 bridgehead atoms. The van der Waals surface area contributed by atoms with Crippen LogP contribution in [0.5, 0.6) is 5.75 Å². The zero-order valence-electron chi connectivity index (χ0n) is 21.3. The second-order valence-corrected chi connectivity index (χ2v) is 9.81. The number of carbonyl (C=O) groups is 1. The van der Waals surface area contributed by atoms with Crippen LogP contribution >= 0.6 is 11.8 Å². The zero-order chi connectivity index (χ0) is 27.0. The summed E-state index contributed by atoms with van der Waals surface area (Å²) >= 11 is 1.56. The fraction of sp³-hybridized carbons (Fsp3) is 0.129. The first kappa shape index (κ1) is 26.2. The number of halogens is 1. The third kappa shape index (κ3) is 6.53. The Bertz CT molecular complexity index is 1510. The molecule has 6 nitrogen and oxygen atoms in total. The molecule has 0 radical (unpaired) electrons. The summed E-state index contributed by atoms with van der Waals surface area (Å²) in [6, 6.07) is 32.7. The molecule has 0 saturated carbocycles. The lowest BCUT2D eigenvalue weighted by molar-refractivity contribution is 0.0934. The van der Waals surface area contributed by atoms with Gasteiger partial charge in [0.2, 0.25) is 0 Å². The van der Waals surface area contributed by atoms with Gasteiger partial charge in [0.25, 0.3) is 5.91 Å². The molecule has 5 rings (SSSR count).